The third-order valence-electron chi connectivity index (χ3n) is 6.87. The summed E-state index contributed by atoms with van der Waals surface area (Å²) in [6.07, 6.45) is 7.90. The van der Waals surface area contributed by atoms with Crippen LogP contribution in [0.4, 0.5) is 0 Å². The molecule has 32 heavy (non-hydrogen) atoms. The van der Waals surface area contributed by atoms with Gasteiger partial charge in [0.15, 0.2) is 0 Å². The molecular formula is C27H39N3O2. The molecule has 0 radical (unpaired) electrons. The van der Waals surface area contributed by atoms with Crippen molar-refractivity contribution in [3.8, 4) is 5.75 Å². The highest BCUT2D eigenvalue weighted by Crippen LogP contribution is 2.40. The number of likely N-dealkylation sites (N-methyl/N-ethyl adjacent to an activating group) is 1. The summed E-state index contributed by atoms with van der Waals surface area (Å²) >= 11 is 0. The minimum Gasteiger partial charge on any atom is -0.508 e. The van der Waals surface area contributed by atoms with E-state index in [1.807, 2.05) is 43.0 Å². The highest BCUT2D eigenvalue weighted by molar-refractivity contribution is 5.97. The van der Waals surface area contributed by atoms with E-state index >= 15 is 0 Å². The smallest absolute Gasteiger partial charge is 0.253 e. The van der Waals surface area contributed by atoms with Gasteiger partial charge in [0.1, 0.15) is 5.75 Å². The largest absolute Gasteiger partial charge is 0.508 e. The molecule has 1 aromatic rings. The number of piperazine rings is 1. The van der Waals surface area contributed by atoms with Crippen molar-refractivity contribution in [1.29, 1.82) is 0 Å². The zero-order valence-corrected chi connectivity index (χ0v) is 20.1. The lowest BCUT2D eigenvalue weighted by atomic mass is 9.85. The molecule has 1 aromatic carbocycles. The molecule has 5 nitrogen and oxygen atoms in total. The van der Waals surface area contributed by atoms with E-state index in [0.717, 1.165) is 43.6 Å². The first-order chi connectivity index (χ1) is 15.4. The van der Waals surface area contributed by atoms with Crippen molar-refractivity contribution >= 4 is 5.91 Å². The minimum atomic E-state index is -0.0371. The van der Waals surface area contributed by atoms with Gasteiger partial charge in [-0.15, -0.1) is 6.58 Å². The van der Waals surface area contributed by atoms with Gasteiger partial charge in [-0.3, -0.25) is 14.6 Å². The molecule has 1 aliphatic heterocycles. The SMILES string of the molecule is C=CCN1C[C@H](C)N([C@@H](C2=C(C(=O)N(CC)CC)C=CCC2)c2cccc(O)c2)C[C@H]1C. The van der Waals surface area contributed by atoms with Gasteiger partial charge in [-0.25, -0.2) is 0 Å². The van der Waals surface area contributed by atoms with Crippen LogP contribution in [-0.2, 0) is 4.79 Å². The van der Waals surface area contributed by atoms with E-state index in [2.05, 4.69) is 42.4 Å². The number of phenols is 1. The lowest BCUT2D eigenvalue weighted by Crippen LogP contribution is -2.57. The van der Waals surface area contributed by atoms with Crippen molar-refractivity contribution < 1.29 is 9.90 Å². The van der Waals surface area contributed by atoms with Gasteiger partial charge in [0.2, 0.25) is 0 Å². The normalized spacial score (nSPS) is 23.2. The number of allylic oxidation sites excluding steroid dienone is 1. The van der Waals surface area contributed by atoms with Crippen LogP contribution >= 0.6 is 0 Å². The van der Waals surface area contributed by atoms with Gasteiger partial charge in [-0.2, -0.15) is 0 Å². The van der Waals surface area contributed by atoms with Crippen molar-refractivity contribution in [3.05, 3.63) is 65.8 Å². The average Bonchev–Trinajstić information content (AvgIpc) is 2.78. The first-order valence-corrected chi connectivity index (χ1v) is 12.0. The molecule has 3 rings (SSSR count). The van der Waals surface area contributed by atoms with Crippen molar-refractivity contribution in [2.75, 3.05) is 32.7 Å². The standard InChI is InChI=1S/C27H39N3O2/c1-6-16-29-18-21(5)30(19-20(29)4)26(22-12-11-13-23(31)17-22)24-14-9-10-15-25(24)27(32)28(7-2)8-3/h6,10-13,15,17,20-21,26,31H,1,7-9,14,16,18-19H2,2-5H3/t20-,21+,26-/m1/s1. The van der Waals surface area contributed by atoms with Crippen LogP contribution in [0.25, 0.3) is 0 Å². The quantitative estimate of drug-likeness (QED) is 0.607. The van der Waals surface area contributed by atoms with Gasteiger partial charge >= 0.3 is 0 Å². The summed E-state index contributed by atoms with van der Waals surface area (Å²) in [6.45, 7) is 16.6. The number of aromatic hydroxyl groups is 1. The summed E-state index contributed by atoms with van der Waals surface area (Å²) in [5.41, 5.74) is 3.05. The van der Waals surface area contributed by atoms with Gasteiger partial charge in [0, 0.05) is 50.4 Å². The molecule has 0 saturated carbocycles. The van der Waals surface area contributed by atoms with Crippen molar-refractivity contribution in [2.45, 2.75) is 58.7 Å². The highest BCUT2D eigenvalue weighted by atomic mass is 16.3. The van der Waals surface area contributed by atoms with Crippen LogP contribution in [0.2, 0.25) is 0 Å². The Kier molecular flexibility index (Phi) is 8.32. The molecule has 0 spiro atoms. The summed E-state index contributed by atoms with van der Waals surface area (Å²) in [7, 11) is 0. The summed E-state index contributed by atoms with van der Waals surface area (Å²) in [5.74, 6) is 0.374. The van der Waals surface area contributed by atoms with Crippen LogP contribution in [-0.4, -0.2) is 70.5 Å². The fourth-order valence-electron chi connectivity index (χ4n) is 5.15. The lowest BCUT2D eigenvalue weighted by Gasteiger charge is -2.48. The molecule has 174 valence electrons. The summed E-state index contributed by atoms with van der Waals surface area (Å²) in [5, 5.41) is 10.3. The third kappa shape index (κ3) is 5.16. The number of benzene rings is 1. The van der Waals surface area contributed by atoms with Crippen molar-refractivity contribution in [1.82, 2.24) is 14.7 Å². The third-order valence-corrected chi connectivity index (χ3v) is 6.87. The maximum atomic E-state index is 13.5. The maximum Gasteiger partial charge on any atom is 0.253 e. The van der Waals surface area contributed by atoms with Crippen molar-refractivity contribution in [3.63, 3.8) is 0 Å². The lowest BCUT2D eigenvalue weighted by molar-refractivity contribution is -0.126. The Morgan fingerprint density at radius 1 is 1.25 bits per heavy atom. The van der Waals surface area contributed by atoms with Crippen molar-refractivity contribution in [2.24, 2.45) is 0 Å². The summed E-state index contributed by atoms with van der Waals surface area (Å²) in [6, 6.07) is 8.22. The van der Waals surface area contributed by atoms with E-state index in [1.165, 1.54) is 5.57 Å². The molecule has 5 heteroatoms. The Bertz CT molecular complexity index is 871. The Morgan fingerprint density at radius 3 is 2.66 bits per heavy atom. The summed E-state index contributed by atoms with van der Waals surface area (Å²) < 4.78 is 0. The molecule has 1 saturated heterocycles. The molecule has 1 fully saturated rings. The van der Waals surface area contributed by atoms with Crippen LogP contribution in [0.3, 0.4) is 0 Å². The summed E-state index contributed by atoms with van der Waals surface area (Å²) in [4.78, 5) is 20.4. The van der Waals surface area contributed by atoms with Crippen LogP contribution in [0.5, 0.6) is 5.75 Å². The number of carbonyl (C=O) groups is 1. The highest BCUT2D eigenvalue weighted by Gasteiger charge is 2.37. The number of amides is 1. The molecule has 0 aromatic heterocycles. The van der Waals surface area contributed by atoms with Gasteiger partial charge in [-0.1, -0.05) is 30.4 Å². The van der Waals surface area contributed by atoms with Crippen LogP contribution in [0.1, 0.15) is 52.1 Å². The Labute approximate surface area is 193 Å². The average molecular weight is 438 g/mol. The van der Waals surface area contributed by atoms with Gasteiger partial charge in [-0.05, 0) is 63.8 Å². The first-order valence-electron chi connectivity index (χ1n) is 12.0. The second-order valence-corrected chi connectivity index (χ2v) is 8.99. The second-order valence-electron chi connectivity index (χ2n) is 8.99. The van der Waals surface area contributed by atoms with E-state index < -0.39 is 0 Å². The number of nitrogens with zero attached hydrogens (tertiary/aromatic N) is 3. The molecule has 1 N–H and O–H groups in total. The van der Waals surface area contributed by atoms with Crippen LogP contribution in [0, 0.1) is 0 Å². The molecule has 0 bridgehead atoms. The van der Waals surface area contributed by atoms with Crippen LogP contribution in [0.15, 0.2) is 60.2 Å². The molecule has 2 aliphatic rings. The number of phenolic OH excluding ortho intramolecular Hbond substituents is 1. The molecule has 1 amide bonds. The number of rotatable bonds is 8. The molecule has 3 atom stereocenters. The van der Waals surface area contributed by atoms with E-state index in [0.29, 0.717) is 25.2 Å². The zero-order valence-electron chi connectivity index (χ0n) is 20.1. The number of carbonyl (C=O) groups excluding carboxylic acids is 1. The van der Waals surface area contributed by atoms with Gasteiger partial charge < -0.3 is 10.0 Å². The fourth-order valence-corrected chi connectivity index (χ4v) is 5.15. The zero-order chi connectivity index (χ0) is 23.3. The Morgan fingerprint density at radius 2 is 2.00 bits per heavy atom. The molecule has 0 unspecified atom stereocenters. The fraction of sp³-hybridized carbons (Fsp3) is 0.519. The molecular weight excluding hydrogens is 398 g/mol. The van der Waals surface area contributed by atoms with E-state index in [9.17, 15) is 9.90 Å². The van der Waals surface area contributed by atoms with Crippen LogP contribution < -0.4 is 0 Å². The first kappa shape index (κ1) is 24.3. The maximum absolute atomic E-state index is 13.5. The van der Waals surface area contributed by atoms with E-state index in [4.69, 9.17) is 0 Å². The predicted molar refractivity (Wildman–Crippen MR) is 132 cm³/mol. The topological polar surface area (TPSA) is 47.0 Å². The predicted octanol–water partition coefficient (Wildman–Crippen LogP) is 4.53. The molecule has 1 aliphatic carbocycles. The number of hydrogen-bond acceptors (Lipinski definition) is 4. The van der Waals surface area contributed by atoms with E-state index in [-0.39, 0.29) is 17.7 Å². The minimum absolute atomic E-state index is 0.0371. The van der Waals surface area contributed by atoms with Gasteiger partial charge in [0.05, 0.1) is 6.04 Å². The monoisotopic (exact) mass is 437 g/mol. The Hall–Kier alpha value is -2.37. The second kappa shape index (κ2) is 11.0. The molecule has 1 heterocycles. The van der Waals surface area contributed by atoms with Gasteiger partial charge in [0.25, 0.3) is 5.91 Å². The van der Waals surface area contributed by atoms with E-state index in [1.54, 1.807) is 6.07 Å². The number of hydrogen-bond donors (Lipinski definition) is 1. The Balaban J connectivity index is 2.09.